The predicted molar refractivity (Wildman–Crippen MR) is 74.0 cm³/mol. The summed E-state index contributed by atoms with van der Waals surface area (Å²) in [5.74, 6) is 1.92. The minimum Gasteiger partial charge on any atom is -0.497 e. The van der Waals surface area contributed by atoms with Crippen molar-refractivity contribution in [2.45, 2.75) is 18.3 Å². The first kappa shape index (κ1) is 10.9. The summed E-state index contributed by atoms with van der Waals surface area (Å²) in [6.07, 6.45) is 2.27. The van der Waals surface area contributed by atoms with E-state index in [9.17, 15) is 0 Å². The standard InChI is InChI=1S/C17H16O2/c1-18-13-6-7-16-15(10-13)17(11-19-16)9-8-12-4-2-3-5-14(12)17/h2-7,10H,8-9,11H2,1H3. The lowest BCUT2D eigenvalue weighted by Crippen LogP contribution is -2.26. The van der Waals surface area contributed by atoms with Gasteiger partial charge in [-0.25, -0.2) is 0 Å². The Morgan fingerprint density at radius 3 is 2.89 bits per heavy atom. The maximum atomic E-state index is 5.94. The topological polar surface area (TPSA) is 18.5 Å². The highest BCUT2D eigenvalue weighted by molar-refractivity contribution is 5.57. The first-order chi connectivity index (χ1) is 9.33. The normalized spacial score (nSPS) is 23.0. The van der Waals surface area contributed by atoms with Crippen LogP contribution in [0.15, 0.2) is 42.5 Å². The van der Waals surface area contributed by atoms with E-state index in [0.29, 0.717) is 0 Å². The molecule has 4 rings (SSSR count). The molecule has 1 aliphatic carbocycles. The molecule has 2 heteroatoms. The second-order valence-corrected chi connectivity index (χ2v) is 5.39. The van der Waals surface area contributed by atoms with Crippen molar-refractivity contribution in [1.29, 1.82) is 0 Å². The molecule has 0 radical (unpaired) electrons. The first-order valence-electron chi connectivity index (χ1n) is 6.73. The molecular weight excluding hydrogens is 236 g/mol. The third-order valence-corrected chi connectivity index (χ3v) is 4.53. The van der Waals surface area contributed by atoms with E-state index in [-0.39, 0.29) is 5.41 Å². The van der Waals surface area contributed by atoms with Crippen molar-refractivity contribution in [3.05, 3.63) is 59.2 Å². The van der Waals surface area contributed by atoms with Crippen molar-refractivity contribution in [3.63, 3.8) is 0 Å². The van der Waals surface area contributed by atoms with Gasteiger partial charge in [-0.2, -0.15) is 0 Å². The Balaban J connectivity index is 1.93. The molecule has 0 amide bonds. The van der Waals surface area contributed by atoms with E-state index in [1.165, 1.54) is 16.7 Å². The second-order valence-electron chi connectivity index (χ2n) is 5.39. The molecule has 96 valence electrons. The molecule has 19 heavy (non-hydrogen) atoms. The van der Waals surface area contributed by atoms with Crippen LogP contribution in [0.4, 0.5) is 0 Å². The van der Waals surface area contributed by atoms with E-state index in [2.05, 4.69) is 30.3 Å². The Kier molecular flexibility index (Phi) is 2.16. The fourth-order valence-electron chi connectivity index (χ4n) is 3.53. The molecule has 2 aromatic rings. The maximum absolute atomic E-state index is 5.94. The van der Waals surface area contributed by atoms with Gasteiger partial charge in [0.1, 0.15) is 18.1 Å². The van der Waals surface area contributed by atoms with E-state index >= 15 is 0 Å². The molecule has 0 bridgehead atoms. The number of rotatable bonds is 1. The zero-order valence-corrected chi connectivity index (χ0v) is 11.0. The predicted octanol–water partition coefficient (Wildman–Crippen LogP) is 3.32. The highest BCUT2D eigenvalue weighted by Crippen LogP contribution is 2.51. The van der Waals surface area contributed by atoms with Gasteiger partial charge in [0.2, 0.25) is 0 Å². The Morgan fingerprint density at radius 1 is 1.11 bits per heavy atom. The van der Waals surface area contributed by atoms with Crippen LogP contribution < -0.4 is 9.47 Å². The van der Waals surface area contributed by atoms with Crippen molar-refractivity contribution in [3.8, 4) is 11.5 Å². The van der Waals surface area contributed by atoms with Gasteiger partial charge in [0.15, 0.2) is 0 Å². The zero-order valence-electron chi connectivity index (χ0n) is 11.0. The van der Waals surface area contributed by atoms with Gasteiger partial charge < -0.3 is 9.47 Å². The number of benzene rings is 2. The summed E-state index contributed by atoms with van der Waals surface area (Å²) in [7, 11) is 1.72. The number of aryl methyl sites for hydroxylation is 1. The molecule has 0 aromatic heterocycles. The monoisotopic (exact) mass is 252 g/mol. The minimum atomic E-state index is 0.0421. The van der Waals surface area contributed by atoms with Crippen LogP contribution in [0.2, 0.25) is 0 Å². The third kappa shape index (κ3) is 1.37. The highest BCUT2D eigenvalue weighted by atomic mass is 16.5. The molecule has 0 saturated heterocycles. The smallest absolute Gasteiger partial charge is 0.123 e. The van der Waals surface area contributed by atoms with Crippen LogP contribution in [0.1, 0.15) is 23.1 Å². The minimum absolute atomic E-state index is 0.0421. The van der Waals surface area contributed by atoms with Crippen LogP contribution in [-0.4, -0.2) is 13.7 Å². The molecule has 2 aromatic carbocycles. The summed E-state index contributed by atoms with van der Waals surface area (Å²) >= 11 is 0. The van der Waals surface area contributed by atoms with Crippen LogP contribution in [0.5, 0.6) is 11.5 Å². The molecule has 1 heterocycles. The van der Waals surface area contributed by atoms with Gasteiger partial charge in [-0.3, -0.25) is 0 Å². The van der Waals surface area contributed by atoms with Crippen LogP contribution in [0.3, 0.4) is 0 Å². The van der Waals surface area contributed by atoms with Crippen LogP contribution >= 0.6 is 0 Å². The molecule has 1 aliphatic heterocycles. The number of hydrogen-bond acceptors (Lipinski definition) is 2. The Bertz CT molecular complexity index is 643. The third-order valence-electron chi connectivity index (χ3n) is 4.53. The van der Waals surface area contributed by atoms with E-state index in [1.54, 1.807) is 7.11 Å². The van der Waals surface area contributed by atoms with E-state index in [1.807, 2.05) is 12.1 Å². The Hall–Kier alpha value is -1.96. The molecule has 1 atom stereocenters. The average molecular weight is 252 g/mol. The Morgan fingerprint density at radius 2 is 2.00 bits per heavy atom. The molecular formula is C17H16O2. The van der Waals surface area contributed by atoms with Crippen molar-refractivity contribution >= 4 is 0 Å². The summed E-state index contributed by atoms with van der Waals surface area (Å²) in [6.45, 7) is 0.756. The van der Waals surface area contributed by atoms with Crippen molar-refractivity contribution < 1.29 is 9.47 Å². The molecule has 1 spiro atoms. The summed E-state index contributed by atoms with van der Waals surface area (Å²) in [5, 5.41) is 0. The zero-order chi connectivity index (χ0) is 12.9. The number of fused-ring (bicyclic) bond motifs is 4. The highest BCUT2D eigenvalue weighted by Gasteiger charge is 2.46. The lowest BCUT2D eigenvalue weighted by atomic mass is 9.77. The van der Waals surface area contributed by atoms with E-state index < -0.39 is 0 Å². The van der Waals surface area contributed by atoms with Gasteiger partial charge >= 0.3 is 0 Å². The summed E-state index contributed by atoms with van der Waals surface area (Å²) in [6, 6.07) is 14.9. The van der Waals surface area contributed by atoms with Crippen molar-refractivity contribution in [2.75, 3.05) is 13.7 Å². The largest absolute Gasteiger partial charge is 0.497 e. The molecule has 0 N–H and O–H groups in total. The molecule has 0 fully saturated rings. The number of methoxy groups -OCH3 is 1. The first-order valence-corrected chi connectivity index (χ1v) is 6.73. The fraction of sp³-hybridized carbons (Fsp3) is 0.294. The molecule has 0 saturated carbocycles. The maximum Gasteiger partial charge on any atom is 0.123 e. The number of hydrogen-bond donors (Lipinski definition) is 0. The lowest BCUT2D eigenvalue weighted by Gasteiger charge is -2.23. The average Bonchev–Trinajstić information content (AvgIpc) is 3.03. The quantitative estimate of drug-likeness (QED) is 0.775. The molecule has 1 unspecified atom stereocenters. The summed E-state index contributed by atoms with van der Waals surface area (Å²) in [5.41, 5.74) is 4.22. The van der Waals surface area contributed by atoms with Crippen LogP contribution in [0, 0.1) is 0 Å². The summed E-state index contributed by atoms with van der Waals surface area (Å²) in [4.78, 5) is 0. The van der Waals surface area contributed by atoms with Gasteiger partial charge in [0.05, 0.1) is 12.5 Å². The van der Waals surface area contributed by atoms with Gasteiger partial charge in [-0.15, -0.1) is 0 Å². The Labute approximate surface area is 113 Å². The second kappa shape index (κ2) is 3.77. The van der Waals surface area contributed by atoms with Crippen LogP contribution in [-0.2, 0) is 11.8 Å². The van der Waals surface area contributed by atoms with Crippen LogP contribution in [0.25, 0.3) is 0 Å². The van der Waals surface area contributed by atoms with Gasteiger partial charge in [0.25, 0.3) is 0 Å². The van der Waals surface area contributed by atoms with Crippen molar-refractivity contribution in [1.82, 2.24) is 0 Å². The van der Waals surface area contributed by atoms with Gasteiger partial charge in [-0.05, 0) is 42.2 Å². The fourth-order valence-corrected chi connectivity index (χ4v) is 3.53. The molecule has 2 aliphatic rings. The summed E-state index contributed by atoms with van der Waals surface area (Å²) < 4.78 is 11.3. The lowest BCUT2D eigenvalue weighted by molar-refractivity contribution is 0.291. The van der Waals surface area contributed by atoms with Crippen molar-refractivity contribution in [2.24, 2.45) is 0 Å². The molecule has 2 nitrogen and oxygen atoms in total. The van der Waals surface area contributed by atoms with E-state index in [0.717, 1.165) is 30.9 Å². The number of ether oxygens (including phenoxy) is 2. The SMILES string of the molecule is COc1ccc2c(c1)C1(CCc3ccccc31)CO2. The van der Waals surface area contributed by atoms with Gasteiger partial charge in [0, 0.05) is 5.56 Å². The van der Waals surface area contributed by atoms with E-state index in [4.69, 9.17) is 9.47 Å². The van der Waals surface area contributed by atoms with Gasteiger partial charge in [-0.1, -0.05) is 24.3 Å².